The van der Waals surface area contributed by atoms with E-state index in [9.17, 15) is 0 Å². The predicted molar refractivity (Wildman–Crippen MR) is 88.9 cm³/mol. The minimum atomic E-state index is 0.312. The van der Waals surface area contributed by atoms with Crippen LogP contribution in [0.25, 0.3) is 0 Å². The number of benzene rings is 1. The summed E-state index contributed by atoms with van der Waals surface area (Å²) in [7, 11) is 3.28. The highest BCUT2D eigenvalue weighted by Crippen LogP contribution is 2.35. The molecule has 0 radical (unpaired) electrons. The van der Waals surface area contributed by atoms with Gasteiger partial charge in [-0.3, -0.25) is 0 Å². The Morgan fingerprint density at radius 1 is 1.22 bits per heavy atom. The summed E-state index contributed by atoms with van der Waals surface area (Å²) in [6.45, 7) is 0.598. The van der Waals surface area contributed by atoms with E-state index < -0.39 is 0 Å². The maximum absolute atomic E-state index is 5.85. The topological polar surface area (TPSA) is 82.3 Å². The number of methoxy groups -OCH3 is 2. The normalized spacial score (nSPS) is 19.8. The molecule has 1 saturated carbocycles. The van der Waals surface area contributed by atoms with Gasteiger partial charge in [0.05, 0.1) is 14.2 Å². The molecule has 1 aliphatic carbocycles. The highest BCUT2D eigenvalue weighted by Gasteiger charge is 2.28. The first-order valence-electron chi connectivity index (χ1n) is 7.72. The van der Waals surface area contributed by atoms with Gasteiger partial charge in [0, 0.05) is 35.8 Å². The zero-order valence-electron chi connectivity index (χ0n) is 13.5. The highest BCUT2D eigenvalue weighted by atomic mass is 16.5. The van der Waals surface area contributed by atoms with E-state index >= 15 is 0 Å². The summed E-state index contributed by atoms with van der Waals surface area (Å²) in [6, 6.07) is 8.14. The smallest absolute Gasteiger partial charge is 0.165 e. The Kier molecular flexibility index (Phi) is 4.62. The second-order valence-electron chi connectivity index (χ2n) is 5.76. The second kappa shape index (κ2) is 6.83. The third-order valence-electron chi connectivity index (χ3n) is 4.23. The second-order valence-corrected chi connectivity index (χ2v) is 5.76. The van der Waals surface area contributed by atoms with Crippen molar-refractivity contribution in [3.63, 3.8) is 0 Å². The molecule has 2 aromatic rings. The molecule has 0 aliphatic heterocycles. The van der Waals surface area contributed by atoms with Crippen LogP contribution in [0.3, 0.4) is 0 Å². The van der Waals surface area contributed by atoms with E-state index in [1.165, 1.54) is 0 Å². The van der Waals surface area contributed by atoms with Crippen LogP contribution < -0.4 is 20.5 Å². The fraction of sp³-hybridized carbons (Fsp3) is 0.412. The van der Waals surface area contributed by atoms with Crippen LogP contribution in [0, 0.1) is 0 Å². The fourth-order valence-electron chi connectivity index (χ4n) is 2.87. The van der Waals surface area contributed by atoms with Gasteiger partial charge in [-0.15, -0.1) is 0 Å². The van der Waals surface area contributed by atoms with E-state index in [-0.39, 0.29) is 0 Å². The number of ether oxygens (including phenoxy) is 2. The standard InChI is InChI=1S/C17H22N4O2/c1-22-15-5-3-4-11(17(15)23-2)9-19-16-8-14(20-10-21-16)12-6-13(18)7-12/h3-5,8,10,12-13H,6-7,9,18H2,1-2H3,(H,19,20,21). The number of hydrogen-bond donors (Lipinski definition) is 2. The van der Waals surface area contributed by atoms with Crippen molar-refractivity contribution in [1.82, 2.24) is 9.97 Å². The van der Waals surface area contributed by atoms with Gasteiger partial charge in [0.1, 0.15) is 12.1 Å². The number of anilines is 1. The van der Waals surface area contributed by atoms with Crippen LogP contribution in [0.2, 0.25) is 0 Å². The van der Waals surface area contributed by atoms with Crippen LogP contribution in [0.15, 0.2) is 30.6 Å². The Bertz CT molecular complexity index is 671. The number of para-hydroxylation sites is 1. The van der Waals surface area contributed by atoms with E-state index in [0.717, 1.165) is 41.4 Å². The van der Waals surface area contributed by atoms with E-state index in [4.69, 9.17) is 15.2 Å². The van der Waals surface area contributed by atoms with Gasteiger partial charge in [0.15, 0.2) is 11.5 Å². The third-order valence-corrected chi connectivity index (χ3v) is 4.23. The highest BCUT2D eigenvalue weighted by molar-refractivity contribution is 5.48. The van der Waals surface area contributed by atoms with Crippen LogP contribution in [0.5, 0.6) is 11.5 Å². The summed E-state index contributed by atoms with van der Waals surface area (Å²) >= 11 is 0. The van der Waals surface area contributed by atoms with Crippen molar-refractivity contribution < 1.29 is 9.47 Å². The van der Waals surface area contributed by atoms with Gasteiger partial charge in [0.25, 0.3) is 0 Å². The van der Waals surface area contributed by atoms with Crippen molar-refractivity contribution in [2.75, 3.05) is 19.5 Å². The van der Waals surface area contributed by atoms with Gasteiger partial charge in [-0.25, -0.2) is 9.97 Å². The van der Waals surface area contributed by atoms with Gasteiger partial charge < -0.3 is 20.5 Å². The molecule has 6 nitrogen and oxygen atoms in total. The molecule has 6 heteroatoms. The summed E-state index contributed by atoms with van der Waals surface area (Å²) in [5, 5.41) is 3.32. The van der Waals surface area contributed by atoms with Crippen molar-refractivity contribution in [3.05, 3.63) is 41.9 Å². The SMILES string of the molecule is COc1cccc(CNc2cc(C3CC(N)C3)ncn2)c1OC. The zero-order valence-corrected chi connectivity index (χ0v) is 13.5. The molecular formula is C17H22N4O2. The number of rotatable bonds is 6. The number of hydrogen-bond acceptors (Lipinski definition) is 6. The molecule has 0 amide bonds. The third kappa shape index (κ3) is 3.37. The van der Waals surface area contributed by atoms with Crippen molar-refractivity contribution in [3.8, 4) is 11.5 Å². The molecule has 1 aliphatic rings. The molecule has 0 atom stereocenters. The summed E-state index contributed by atoms with van der Waals surface area (Å²) < 4.78 is 10.8. The van der Waals surface area contributed by atoms with Crippen LogP contribution in [0.1, 0.15) is 30.0 Å². The molecule has 1 fully saturated rings. The van der Waals surface area contributed by atoms with E-state index in [1.807, 2.05) is 24.3 Å². The first-order chi connectivity index (χ1) is 11.2. The summed E-state index contributed by atoms with van der Waals surface area (Å²) in [6.07, 6.45) is 3.60. The van der Waals surface area contributed by atoms with Crippen LogP contribution >= 0.6 is 0 Å². The van der Waals surface area contributed by atoms with Crippen LogP contribution in [0.4, 0.5) is 5.82 Å². The number of nitrogens with one attached hydrogen (secondary N) is 1. The van der Waals surface area contributed by atoms with E-state index in [0.29, 0.717) is 18.5 Å². The maximum Gasteiger partial charge on any atom is 0.165 e. The number of nitrogens with zero attached hydrogens (tertiary/aromatic N) is 2. The number of aromatic nitrogens is 2. The average molecular weight is 314 g/mol. The van der Waals surface area contributed by atoms with Gasteiger partial charge in [0.2, 0.25) is 0 Å². The molecule has 122 valence electrons. The minimum Gasteiger partial charge on any atom is -0.493 e. The van der Waals surface area contributed by atoms with Gasteiger partial charge in [-0.1, -0.05) is 12.1 Å². The first kappa shape index (κ1) is 15.6. The van der Waals surface area contributed by atoms with Crippen molar-refractivity contribution in [2.24, 2.45) is 5.73 Å². The van der Waals surface area contributed by atoms with Crippen molar-refractivity contribution in [2.45, 2.75) is 31.3 Å². The first-order valence-corrected chi connectivity index (χ1v) is 7.72. The van der Waals surface area contributed by atoms with Gasteiger partial charge >= 0.3 is 0 Å². The summed E-state index contributed by atoms with van der Waals surface area (Å²) in [5.74, 6) is 2.72. The van der Waals surface area contributed by atoms with E-state index in [1.54, 1.807) is 20.5 Å². The lowest BCUT2D eigenvalue weighted by molar-refractivity contribution is 0.345. The average Bonchev–Trinajstić information content (AvgIpc) is 2.56. The predicted octanol–water partition coefficient (Wildman–Crippen LogP) is 2.31. The Balaban J connectivity index is 1.70. The molecular weight excluding hydrogens is 292 g/mol. The summed E-state index contributed by atoms with van der Waals surface area (Å²) in [4.78, 5) is 8.65. The monoisotopic (exact) mass is 314 g/mol. The Morgan fingerprint density at radius 2 is 2.04 bits per heavy atom. The van der Waals surface area contributed by atoms with Crippen molar-refractivity contribution >= 4 is 5.82 Å². The quantitative estimate of drug-likeness (QED) is 0.851. The molecule has 3 rings (SSSR count). The van der Waals surface area contributed by atoms with E-state index in [2.05, 4.69) is 15.3 Å². The Labute approximate surface area is 136 Å². The summed E-state index contributed by atoms with van der Waals surface area (Å²) in [5.41, 5.74) is 7.92. The van der Waals surface area contributed by atoms with Crippen LogP contribution in [-0.2, 0) is 6.54 Å². The van der Waals surface area contributed by atoms with Crippen molar-refractivity contribution in [1.29, 1.82) is 0 Å². The lowest BCUT2D eigenvalue weighted by Crippen LogP contribution is -2.35. The lowest BCUT2D eigenvalue weighted by Gasteiger charge is -2.31. The lowest BCUT2D eigenvalue weighted by atomic mass is 9.79. The molecule has 0 spiro atoms. The van der Waals surface area contributed by atoms with Gasteiger partial charge in [-0.05, 0) is 18.9 Å². The largest absolute Gasteiger partial charge is 0.493 e. The van der Waals surface area contributed by atoms with Crippen LogP contribution in [-0.4, -0.2) is 30.2 Å². The molecule has 0 saturated heterocycles. The molecule has 23 heavy (non-hydrogen) atoms. The Morgan fingerprint density at radius 3 is 2.74 bits per heavy atom. The Hall–Kier alpha value is -2.34. The maximum atomic E-state index is 5.85. The molecule has 0 bridgehead atoms. The van der Waals surface area contributed by atoms with Gasteiger partial charge in [-0.2, -0.15) is 0 Å². The zero-order chi connectivity index (χ0) is 16.2. The molecule has 1 aromatic heterocycles. The molecule has 3 N–H and O–H groups in total. The number of nitrogens with two attached hydrogens (primary N) is 1. The molecule has 0 unspecified atom stereocenters. The minimum absolute atomic E-state index is 0.312. The molecule has 1 aromatic carbocycles. The fourth-order valence-corrected chi connectivity index (χ4v) is 2.87. The molecule has 1 heterocycles.